The molecule has 5 heterocycles. The summed E-state index contributed by atoms with van der Waals surface area (Å²) >= 11 is 0. The van der Waals surface area contributed by atoms with Crippen LogP contribution in [0.5, 0.6) is 28.7 Å². The van der Waals surface area contributed by atoms with Gasteiger partial charge in [-0.15, -0.1) is 0 Å². The molecule has 3 radical (unpaired) electrons. The fraction of sp³-hybridized carbons (Fsp3) is 0.740. The molecular weight excluding hydrogens is 837 g/mol. The Morgan fingerprint density at radius 1 is 0.462 bits per heavy atom. The van der Waals surface area contributed by atoms with Gasteiger partial charge in [-0.1, -0.05) is 44.9 Å². The van der Waals surface area contributed by atoms with Gasteiger partial charge in [0, 0.05) is 11.6 Å². The molecule has 8 N–H and O–H groups in total. The third-order valence-corrected chi connectivity index (χ3v) is 19.0. The minimum Gasteiger partial charge on any atom is -0.497 e. The molecule has 9 aliphatic rings. The molecule has 5 aliphatic heterocycles. The van der Waals surface area contributed by atoms with Crippen LogP contribution in [0.25, 0.3) is 0 Å². The van der Waals surface area contributed by atoms with Crippen LogP contribution in [0.3, 0.4) is 0 Å². The molecule has 15 heteroatoms. The van der Waals surface area contributed by atoms with Gasteiger partial charge in [0.1, 0.15) is 17.2 Å². The van der Waals surface area contributed by atoms with Crippen molar-refractivity contribution in [1.82, 2.24) is 42.5 Å². The van der Waals surface area contributed by atoms with Crippen molar-refractivity contribution in [2.45, 2.75) is 151 Å². The average Bonchev–Trinajstić information content (AvgIpc) is 4.09. The summed E-state index contributed by atoms with van der Waals surface area (Å²) in [6, 6.07) is 11.0. The topological polar surface area (TPSA) is 159 Å². The summed E-state index contributed by atoms with van der Waals surface area (Å²) in [6.45, 7) is 0. The van der Waals surface area contributed by atoms with Crippen molar-refractivity contribution < 1.29 is 28.5 Å². The molecule has 8 bridgehead atoms. The second-order valence-electron chi connectivity index (χ2n) is 21.1. The van der Waals surface area contributed by atoms with Gasteiger partial charge in [-0.2, -0.15) is 0 Å². The molecule has 4 saturated carbocycles. The standard InChI is InChI=1S/C50H73N8O6Si/c1-60-26-20-22-37(62-3)36(24-26)50(65,49(59)64-39-25-27(61-2)21-23-38(39)63-4)35-19-11-18-34-40(35)48-57-46-33-17-10-9-16-32(33)44(55-46)53-42-29-13-6-5-12-28(29)41(51-42)52-43-30-14-7-8-15-31(30)45(54-43)56-47(34)58-48/h20-25,28-35,40-48,51-58H,5-19H2,1-4H3. The maximum Gasteiger partial charge on any atom is 0.318 e. The molecule has 65 heavy (non-hydrogen) atoms. The Hall–Kier alpha value is -2.99. The normalized spacial score (nSPS) is 41.8. The van der Waals surface area contributed by atoms with Crippen molar-refractivity contribution in [1.29, 1.82) is 0 Å². The monoisotopic (exact) mass is 910 g/mol. The Bertz CT molecular complexity index is 2030. The summed E-state index contributed by atoms with van der Waals surface area (Å²) in [5.74, 6) is 5.45. The predicted octanol–water partition coefficient (Wildman–Crippen LogP) is 4.54. The van der Waals surface area contributed by atoms with E-state index < -0.39 is 11.0 Å². The number of carbonyl (C=O) groups excluding carboxylic acids is 1. The Balaban J connectivity index is 1.00. The molecule has 4 aliphatic carbocycles. The molecule has 9 fully saturated rings. The summed E-state index contributed by atoms with van der Waals surface area (Å²) in [7, 11) is 10.9. The van der Waals surface area contributed by atoms with Gasteiger partial charge in [0.15, 0.2) is 11.5 Å². The lowest BCUT2D eigenvalue weighted by molar-refractivity contribution is -0.141. The average molecular weight is 910 g/mol. The van der Waals surface area contributed by atoms with E-state index in [1.807, 2.05) is 18.2 Å². The first-order valence-corrected chi connectivity index (χ1v) is 25.8. The van der Waals surface area contributed by atoms with Crippen LogP contribution in [-0.4, -0.2) is 94.0 Å². The van der Waals surface area contributed by atoms with Crippen LogP contribution in [0.4, 0.5) is 0 Å². The summed E-state index contributed by atoms with van der Waals surface area (Å²) in [4.78, 5) is 15.6. The smallest absolute Gasteiger partial charge is 0.318 e. The summed E-state index contributed by atoms with van der Waals surface area (Å²) in [5, 5.41) is 32.7. The number of rotatable bonds is 8. The Kier molecular flexibility index (Phi) is 12.7. The predicted molar refractivity (Wildman–Crippen MR) is 248 cm³/mol. The van der Waals surface area contributed by atoms with E-state index in [4.69, 9.17) is 23.7 Å². The third kappa shape index (κ3) is 7.90. The number of ether oxygens (including phenoxy) is 5. The van der Waals surface area contributed by atoms with E-state index in [9.17, 15) is 0 Å². The molecule has 0 aromatic heterocycles. The van der Waals surface area contributed by atoms with Crippen LogP contribution in [0.2, 0.25) is 0 Å². The highest BCUT2D eigenvalue weighted by atomic mass is 28.1. The van der Waals surface area contributed by atoms with E-state index >= 15 is 4.79 Å². The molecule has 11 rings (SSSR count). The molecule has 18 unspecified atom stereocenters. The van der Waals surface area contributed by atoms with Crippen LogP contribution in [0.15, 0.2) is 36.4 Å². The van der Waals surface area contributed by atoms with Crippen LogP contribution in [0.1, 0.15) is 102 Å². The lowest BCUT2D eigenvalue weighted by Gasteiger charge is -2.47. The number of esters is 1. The second kappa shape index (κ2) is 18.5. The lowest BCUT2D eigenvalue weighted by Crippen LogP contribution is -2.62. The number of carbonyl (C=O) groups is 1. The molecular formula is C50H73N8O6Si. The molecule has 0 spiro atoms. The van der Waals surface area contributed by atoms with Gasteiger partial charge in [0.05, 0.1) is 93.0 Å². The highest BCUT2D eigenvalue weighted by Gasteiger charge is 2.60. The van der Waals surface area contributed by atoms with Crippen molar-refractivity contribution in [2.24, 2.45) is 53.3 Å². The zero-order valence-corrected chi connectivity index (χ0v) is 39.8. The van der Waals surface area contributed by atoms with Crippen molar-refractivity contribution in [3.05, 3.63) is 42.0 Å². The summed E-state index contributed by atoms with van der Waals surface area (Å²) < 4.78 is 29.9. The maximum absolute atomic E-state index is 15.6. The SMILES string of the molecule is COc1ccc(OC)c(OC(=O)C([Si])(c2cc(OC)ccc2OC)C2CCCC3C4NC5NC(NC6NC(NC7NC(NC(N4)C32)C2CCCCC72)C2CCCCC62)C2CCCCC52)c1. The zero-order chi connectivity index (χ0) is 44.4. The Morgan fingerprint density at radius 3 is 1.28 bits per heavy atom. The number of hydrogen-bond acceptors (Lipinski definition) is 14. The number of nitrogens with one attached hydrogen (secondary N) is 8. The quantitative estimate of drug-likeness (QED) is 0.106. The Labute approximate surface area is 389 Å². The van der Waals surface area contributed by atoms with Crippen LogP contribution in [-0.2, 0) is 9.83 Å². The Morgan fingerprint density at radius 2 is 0.846 bits per heavy atom. The minimum absolute atomic E-state index is 0.0128. The molecule has 0 amide bonds. The summed E-state index contributed by atoms with van der Waals surface area (Å²) in [6.07, 6.45) is 19.1. The number of benzene rings is 2. The van der Waals surface area contributed by atoms with E-state index in [2.05, 4.69) is 52.8 Å². The molecule has 2 aromatic rings. The van der Waals surface area contributed by atoms with Crippen molar-refractivity contribution in [3.63, 3.8) is 0 Å². The van der Waals surface area contributed by atoms with E-state index in [1.54, 1.807) is 46.6 Å². The van der Waals surface area contributed by atoms with Gasteiger partial charge < -0.3 is 23.7 Å². The minimum atomic E-state index is -1.36. The second-order valence-corrected chi connectivity index (χ2v) is 21.8. The van der Waals surface area contributed by atoms with Crippen molar-refractivity contribution >= 4 is 16.2 Å². The van der Waals surface area contributed by atoms with E-state index in [-0.39, 0.29) is 67.1 Å². The molecule has 18 atom stereocenters. The van der Waals surface area contributed by atoms with Gasteiger partial charge in [-0.05, 0) is 135 Å². The first-order chi connectivity index (χ1) is 31.8. The number of hydrogen-bond donors (Lipinski definition) is 8. The van der Waals surface area contributed by atoms with Crippen LogP contribution in [0, 0.1) is 53.3 Å². The fourth-order valence-corrected chi connectivity index (χ4v) is 15.8. The first-order valence-electron chi connectivity index (χ1n) is 25.3. The first kappa shape index (κ1) is 44.5. The lowest BCUT2D eigenvalue weighted by atomic mass is 9.64. The highest BCUT2D eigenvalue weighted by molar-refractivity contribution is 6.28. The number of methoxy groups -OCH3 is 4. The van der Waals surface area contributed by atoms with E-state index in [0.717, 1.165) is 19.3 Å². The van der Waals surface area contributed by atoms with Gasteiger partial charge in [0.2, 0.25) is 0 Å². The van der Waals surface area contributed by atoms with Gasteiger partial charge in [-0.3, -0.25) is 47.3 Å². The van der Waals surface area contributed by atoms with Crippen LogP contribution < -0.4 is 66.2 Å². The van der Waals surface area contributed by atoms with Gasteiger partial charge in [-0.25, -0.2) is 0 Å². The third-order valence-electron chi connectivity index (χ3n) is 18.2. The largest absolute Gasteiger partial charge is 0.497 e. The molecule has 5 saturated heterocycles. The van der Waals surface area contributed by atoms with Gasteiger partial charge in [0.25, 0.3) is 0 Å². The number of fused-ring (bicyclic) bond motifs is 20. The van der Waals surface area contributed by atoms with E-state index in [0.29, 0.717) is 69.8 Å². The fourth-order valence-electron chi connectivity index (χ4n) is 15.2. The zero-order valence-electron chi connectivity index (χ0n) is 38.8. The van der Waals surface area contributed by atoms with Crippen molar-refractivity contribution in [2.75, 3.05) is 28.4 Å². The molecule has 2 aromatic carbocycles. The van der Waals surface area contributed by atoms with Gasteiger partial charge >= 0.3 is 5.97 Å². The molecule has 353 valence electrons. The summed E-state index contributed by atoms with van der Waals surface area (Å²) in [5.41, 5.74) is 0.678. The molecule has 14 nitrogen and oxygen atoms in total. The van der Waals surface area contributed by atoms with E-state index in [1.165, 1.54) is 77.0 Å². The van der Waals surface area contributed by atoms with Crippen LogP contribution >= 0.6 is 0 Å². The van der Waals surface area contributed by atoms with Crippen molar-refractivity contribution in [3.8, 4) is 28.7 Å². The maximum atomic E-state index is 15.6. The highest BCUT2D eigenvalue weighted by Crippen LogP contribution is 2.53.